The van der Waals surface area contributed by atoms with Gasteiger partial charge in [-0.15, -0.1) is 0 Å². The minimum Gasteiger partial charge on any atom is -0.362 e. The van der Waals surface area contributed by atoms with Crippen molar-refractivity contribution in [1.82, 2.24) is 4.90 Å². The molecule has 2 nitrogen and oxygen atoms in total. The third kappa shape index (κ3) is 3.92. The summed E-state index contributed by atoms with van der Waals surface area (Å²) in [6.45, 7) is 1.62. The van der Waals surface area contributed by atoms with Crippen LogP contribution >= 0.6 is 0 Å². The Labute approximate surface area is 38.7 Å². The van der Waals surface area contributed by atoms with Gasteiger partial charge in [-0.3, -0.25) is 4.90 Å². The third-order valence-corrected chi connectivity index (χ3v) is 0.316. The molecule has 0 bridgehead atoms. The Balaban J connectivity index is 2.63. The molecule has 0 N–H and O–H groups in total. The number of methoxy groups -OCH3 is 1. The topological polar surface area (TPSA) is 12.5 Å². The molecule has 0 saturated heterocycles. The van der Waals surface area contributed by atoms with E-state index in [9.17, 15) is 0 Å². The molecule has 0 aliphatic carbocycles. The second-order valence-electron chi connectivity index (χ2n) is 1.30. The summed E-state index contributed by atoms with van der Waals surface area (Å²) in [5.41, 5.74) is 0. The van der Waals surface area contributed by atoms with Gasteiger partial charge in [-0.1, -0.05) is 0 Å². The Kier molecular flexibility index (Phi) is 3.08. The predicted molar refractivity (Wildman–Crippen MR) is 25.0 cm³/mol. The smallest absolute Gasteiger partial charge is 0.149 e. The van der Waals surface area contributed by atoms with Gasteiger partial charge in [0.05, 0.1) is 0 Å². The average Bonchev–Trinajstić information content (AvgIpc) is 1.35. The lowest BCUT2D eigenvalue weighted by molar-refractivity contribution is 0.179. The maximum Gasteiger partial charge on any atom is 0.149 e. The van der Waals surface area contributed by atoms with Crippen LogP contribution in [0.25, 0.3) is 0 Å². The van der Waals surface area contributed by atoms with E-state index >= 15 is 0 Å². The summed E-state index contributed by atoms with van der Waals surface area (Å²) >= 11 is 0. The van der Waals surface area contributed by atoms with E-state index in [1.807, 2.05) is 19.0 Å². The first kappa shape index (κ1) is 5.92. The number of hydrogen-bond acceptors (Lipinski definition) is 2. The average molecular weight is 88.1 g/mol. The summed E-state index contributed by atoms with van der Waals surface area (Å²) in [7, 11) is 5.44. The van der Waals surface area contributed by atoms with Gasteiger partial charge in [-0.05, 0) is 14.1 Å². The van der Waals surface area contributed by atoms with Gasteiger partial charge in [0.2, 0.25) is 0 Å². The first-order valence-corrected chi connectivity index (χ1v) is 1.80. The van der Waals surface area contributed by atoms with Crippen LogP contribution in [0.15, 0.2) is 0 Å². The van der Waals surface area contributed by atoms with Crippen LogP contribution < -0.4 is 0 Å². The van der Waals surface area contributed by atoms with Crippen molar-refractivity contribution in [2.24, 2.45) is 0 Å². The minimum atomic E-state index is 1.62. The summed E-state index contributed by atoms with van der Waals surface area (Å²) in [4.78, 5) is 1.83. The molecule has 0 aromatic rings. The van der Waals surface area contributed by atoms with E-state index in [1.54, 1.807) is 13.8 Å². The molecule has 6 heavy (non-hydrogen) atoms. The standard InChI is InChI=1S/C4H10NO/c1-5(2)4-6-3/h4H,1-3H3. The van der Waals surface area contributed by atoms with Crippen molar-refractivity contribution in [3.05, 3.63) is 6.73 Å². The molecule has 0 aromatic heterocycles. The van der Waals surface area contributed by atoms with Crippen molar-refractivity contribution in [3.8, 4) is 0 Å². The number of rotatable bonds is 2. The minimum absolute atomic E-state index is 1.62. The molecule has 0 saturated carbocycles. The molecule has 0 amide bonds. The van der Waals surface area contributed by atoms with Gasteiger partial charge in [-0.25, -0.2) is 0 Å². The predicted octanol–water partition coefficient (Wildman–Crippen LogP) is 0.314. The fourth-order valence-electron chi connectivity index (χ4n) is 0.211. The Morgan fingerprint density at radius 2 is 2.00 bits per heavy atom. The Bertz CT molecular complexity index is 28.7. The molecular formula is C4H10NO. The van der Waals surface area contributed by atoms with Gasteiger partial charge in [0.1, 0.15) is 6.73 Å². The normalized spacial score (nSPS) is 10.0. The molecule has 0 spiro atoms. The van der Waals surface area contributed by atoms with Crippen molar-refractivity contribution in [2.75, 3.05) is 21.2 Å². The first-order valence-electron chi connectivity index (χ1n) is 1.80. The van der Waals surface area contributed by atoms with Gasteiger partial charge >= 0.3 is 0 Å². The first-order chi connectivity index (χ1) is 2.77. The molecule has 0 aliphatic heterocycles. The lowest BCUT2D eigenvalue weighted by Crippen LogP contribution is -2.07. The summed E-state index contributed by atoms with van der Waals surface area (Å²) < 4.78 is 4.60. The zero-order valence-electron chi connectivity index (χ0n) is 4.43. The Morgan fingerprint density at radius 1 is 1.50 bits per heavy atom. The number of ether oxygens (including phenoxy) is 1. The van der Waals surface area contributed by atoms with Crippen LogP contribution in [0.4, 0.5) is 0 Å². The van der Waals surface area contributed by atoms with Crippen LogP contribution in [0.5, 0.6) is 0 Å². The van der Waals surface area contributed by atoms with Crippen LogP contribution in [-0.4, -0.2) is 26.1 Å². The highest BCUT2D eigenvalue weighted by Crippen LogP contribution is 1.77. The monoisotopic (exact) mass is 88.1 g/mol. The molecule has 0 atom stereocenters. The fourth-order valence-corrected chi connectivity index (χ4v) is 0.211. The molecule has 0 heterocycles. The van der Waals surface area contributed by atoms with E-state index in [-0.39, 0.29) is 0 Å². The van der Waals surface area contributed by atoms with E-state index in [0.717, 1.165) is 0 Å². The van der Waals surface area contributed by atoms with Crippen LogP contribution in [0.2, 0.25) is 0 Å². The summed E-state index contributed by atoms with van der Waals surface area (Å²) in [5, 5.41) is 0. The van der Waals surface area contributed by atoms with Gasteiger partial charge in [0.15, 0.2) is 0 Å². The second kappa shape index (κ2) is 3.12. The van der Waals surface area contributed by atoms with Crippen molar-refractivity contribution < 1.29 is 4.74 Å². The third-order valence-electron chi connectivity index (χ3n) is 0.316. The van der Waals surface area contributed by atoms with Gasteiger partial charge < -0.3 is 4.74 Å². The number of hydrogen-bond donors (Lipinski definition) is 0. The Hall–Kier alpha value is -0.0800. The molecule has 0 unspecified atom stereocenters. The molecule has 0 rings (SSSR count). The number of nitrogens with zero attached hydrogens (tertiary/aromatic N) is 1. The zero-order valence-corrected chi connectivity index (χ0v) is 4.43. The lowest BCUT2D eigenvalue weighted by Gasteiger charge is -2.03. The quantitative estimate of drug-likeness (QED) is 0.482. The molecule has 0 aliphatic rings. The Morgan fingerprint density at radius 3 is 2.00 bits per heavy atom. The zero-order chi connectivity index (χ0) is 4.99. The molecule has 37 valence electrons. The van der Waals surface area contributed by atoms with E-state index in [1.165, 1.54) is 0 Å². The van der Waals surface area contributed by atoms with Gasteiger partial charge in [0.25, 0.3) is 0 Å². The highest BCUT2D eigenvalue weighted by Gasteiger charge is 1.80. The largest absolute Gasteiger partial charge is 0.362 e. The lowest BCUT2D eigenvalue weighted by atomic mass is 10.9. The van der Waals surface area contributed by atoms with E-state index in [0.29, 0.717) is 0 Å². The van der Waals surface area contributed by atoms with Crippen molar-refractivity contribution in [3.63, 3.8) is 0 Å². The van der Waals surface area contributed by atoms with Crippen molar-refractivity contribution >= 4 is 0 Å². The highest BCUT2D eigenvalue weighted by atomic mass is 16.5. The molecule has 0 aromatic carbocycles. The van der Waals surface area contributed by atoms with Crippen LogP contribution in [-0.2, 0) is 4.74 Å². The van der Waals surface area contributed by atoms with Crippen LogP contribution in [0.3, 0.4) is 0 Å². The molecule has 0 fully saturated rings. The molecule has 1 radical (unpaired) electrons. The van der Waals surface area contributed by atoms with E-state index < -0.39 is 0 Å². The summed E-state index contributed by atoms with van der Waals surface area (Å²) in [5.74, 6) is 0. The van der Waals surface area contributed by atoms with Crippen molar-refractivity contribution in [2.45, 2.75) is 0 Å². The molecular weight excluding hydrogens is 78.0 g/mol. The second-order valence-corrected chi connectivity index (χ2v) is 1.30. The van der Waals surface area contributed by atoms with Gasteiger partial charge in [0, 0.05) is 7.11 Å². The SMILES string of the molecule is CO[CH]N(C)C. The van der Waals surface area contributed by atoms with Crippen molar-refractivity contribution in [1.29, 1.82) is 0 Å². The summed E-state index contributed by atoms with van der Waals surface area (Å²) in [6, 6.07) is 0. The molecule has 2 heteroatoms. The van der Waals surface area contributed by atoms with E-state index in [2.05, 4.69) is 4.74 Å². The maximum absolute atomic E-state index is 4.60. The van der Waals surface area contributed by atoms with Crippen LogP contribution in [0.1, 0.15) is 0 Å². The fraction of sp³-hybridized carbons (Fsp3) is 0.750. The van der Waals surface area contributed by atoms with E-state index in [4.69, 9.17) is 0 Å². The summed E-state index contributed by atoms with van der Waals surface area (Å²) in [6.07, 6.45) is 0. The maximum atomic E-state index is 4.60. The van der Waals surface area contributed by atoms with Crippen LogP contribution in [0, 0.1) is 6.73 Å². The highest BCUT2D eigenvalue weighted by molar-refractivity contribution is 4.38. The van der Waals surface area contributed by atoms with Gasteiger partial charge in [-0.2, -0.15) is 0 Å².